The van der Waals surface area contributed by atoms with Crippen LogP contribution in [0.5, 0.6) is 0 Å². The molecule has 0 radical (unpaired) electrons. The molecule has 0 aromatic carbocycles. The zero-order valence-corrected chi connectivity index (χ0v) is 9.99. The molecule has 86 valence electrons. The van der Waals surface area contributed by atoms with Gasteiger partial charge in [0, 0.05) is 12.0 Å². The summed E-state index contributed by atoms with van der Waals surface area (Å²) in [6, 6.07) is 0. The van der Waals surface area contributed by atoms with Crippen molar-refractivity contribution in [3.8, 4) is 0 Å². The molecule has 2 N–H and O–H groups in total. The zero-order chi connectivity index (χ0) is 10.2. The predicted molar refractivity (Wildman–Crippen MR) is 59.2 cm³/mol. The monoisotopic (exact) mass is 231 g/mol. The number of carboxylic acids is 1. The molecule has 3 fully saturated rings. The average molecular weight is 232 g/mol. The normalized spacial score (nSPS) is 55.5. The molecule has 1 heterocycles. The Labute approximate surface area is 96.0 Å². The lowest BCUT2D eigenvalue weighted by Gasteiger charge is -2.39. The molecule has 0 spiro atoms. The van der Waals surface area contributed by atoms with Gasteiger partial charge in [0.25, 0.3) is 0 Å². The molecule has 4 bridgehead atoms. The highest BCUT2D eigenvalue weighted by Crippen LogP contribution is 2.72. The maximum atomic E-state index is 11.5. The Bertz CT molecular complexity index is 335. The van der Waals surface area contributed by atoms with Crippen molar-refractivity contribution in [2.75, 3.05) is 6.54 Å². The van der Waals surface area contributed by atoms with Crippen molar-refractivity contribution in [1.29, 1.82) is 0 Å². The van der Waals surface area contributed by atoms with Gasteiger partial charge in [-0.05, 0) is 30.6 Å². The molecular weight excluding hydrogens is 214 g/mol. The van der Waals surface area contributed by atoms with E-state index in [1.54, 1.807) is 0 Å². The highest BCUT2D eigenvalue weighted by atomic mass is 35.5. The van der Waals surface area contributed by atoms with E-state index in [-0.39, 0.29) is 23.2 Å². The van der Waals surface area contributed by atoms with E-state index in [2.05, 4.69) is 19.2 Å². The van der Waals surface area contributed by atoms with Crippen LogP contribution in [-0.4, -0.2) is 23.2 Å². The number of hydrogen-bond acceptors (Lipinski definition) is 2. The zero-order valence-electron chi connectivity index (χ0n) is 9.17. The highest BCUT2D eigenvalue weighted by molar-refractivity contribution is 5.85. The first-order chi connectivity index (χ1) is 6.46. The third kappa shape index (κ3) is 0.828. The quantitative estimate of drug-likeness (QED) is 0.722. The lowest BCUT2D eigenvalue weighted by Crippen LogP contribution is -2.57. The van der Waals surface area contributed by atoms with Crippen molar-refractivity contribution >= 4 is 18.4 Å². The Morgan fingerprint density at radius 1 is 1.47 bits per heavy atom. The number of nitrogens with one attached hydrogen (secondary N) is 1. The van der Waals surface area contributed by atoms with E-state index >= 15 is 0 Å². The van der Waals surface area contributed by atoms with Crippen LogP contribution in [0.15, 0.2) is 0 Å². The summed E-state index contributed by atoms with van der Waals surface area (Å²) in [5.41, 5.74) is -0.396. The number of piperidine rings is 1. The molecule has 3 nitrogen and oxygen atoms in total. The van der Waals surface area contributed by atoms with Crippen LogP contribution in [0.4, 0.5) is 0 Å². The van der Waals surface area contributed by atoms with Crippen LogP contribution in [-0.2, 0) is 4.79 Å². The SMILES string of the molecule is C[C@]12CC[C@@H]3C[C@@]1(C(=O)O)NC[C@@]32C.Cl. The number of carboxylic acid groups (broad SMARTS) is 1. The lowest BCUT2D eigenvalue weighted by molar-refractivity contribution is -0.149. The molecule has 0 aromatic rings. The summed E-state index contributed by atoms with van der Waals surface area (Å²) in [6.07, 6.45) is 3.15. The van der Waals surface area contributed by atoms with Gasteiger partial charge in [-0.15, -0.1) is 12.4 Å². The molecule has 4 heteroatoms. The first-order valence-corrected chi connectivity index (χ1v) is 5.45. The van der Waals surface area contributed by atoms with Crippen LogP contribution in [0.2, 0.25) is 0 Å². The Balaban J connectivity index is 0.000000853. The molecule has 15 heavy (non-hydrogen) atoms. The van der Waals surface area contributed by atoms with Crippen molar-refractivity contribution < 1.29 is 9.90 Å². The van der Waals surface area contributed by atoms with Crippen LogP contribution >= 0.6 is 12.4 Å². The summed E-state index contributed by atoms with van der Waals surface area (Å²) in [5, 5.41) is 12.7. The summed E-state index contributed by atoms with van der Waals surface area (Å²) in [5.74, 6) is -0.00391. The summed E-state index contributed by atoms with van der Waals surface area (Å²) < 4.78 is 0. The molecule has 4 atom stereocenters. The number of rotatable bonds is 1. The van der Waals surface area contributed by atoms with Crippen molar-refractivity contribution in [3.05, 3.63) is 0 Å². The van der Waals surface area contributed by atoms with Crippen molar-refractivity contribution in [2.24, 2.45) is 16.7 Å². The summed E-state index contributed by atoms with van der Waals surface area (Å²) in [6.45, 7) is 5.34. The summed E-state index contributed by atoms with van der Waals surface area (Å²) in [4.78, 5) is 11.5. The Morgan fingerprint density at radius 2 is 2.13 bits per heavy atom. The smallest absolute Gasteiger partial charge is 0.324 e. The van der Waals surface area contributed by atoms with E-state index in [0.717, 1.165) is 19.4 Å². The fraction of sp³-hybridized carbons (Fsp3) is 0.909. The number of halogens is 1. The van der Waals surface area contributed by atoms with Crippen molar-refractivity contribution in [2.45, 2.75) is 38.6 Å². The minimum Gasteiger partial charge on any atom is -0.480 e. The molecule has 3 aliphatic rings. The third-order valence-corrected chi connectivity index (χ3v) is 5.77. The number of carbonyl (C=O) groups is 1. The van der Waals surface area contributed by atoms with Gasteiger partial charge in [-0.2, -0.15) is 0 Å². The fourth-order valence-corrected chi connectivity index (χ4v) is 4.48. The van der Waals surface area contributed by atoms with E-state index in [1.807, 2.05) is 0 Å². The molecule has 2 saturated carbocycles. The van der Waals surface area contributed by atoms with Crippen LogP contribution in [0.3, 0.4) is 0 Å². The van der Waals surface area contributed by atoms with Gasteiger partial charge in [0.2, 0.25) is 0 Å². The molecule has 0 aromatic heterocycles. The van der Waals surface area contributed by atoms with Gasteiger partial charge in [-0.3, -0.25) is 4.79 Å². The molecule has 1 aliphatic heterocycles. The second kappa shape index (κ2) is 2.69. The van der Waals surface area contributed by atoms with Gasteiger partial charge in [0.1, 0.15) is 5.54 Å². The minimum absolute atomic E-state index is 0. The molecule has 0 amide bonds. The van der Waals surface area contributed by atoms with Gasteiger partial charge in [0.05, 0.1) is 0 Å². The second-order valence-corrected chi connectivity index (χ2v) is 5.75. The van der Waals surface area contributed by atoms with Gasteiger partial charge in [0.15, 0.2) is 0 Å². The molecule has 3 rings (SSSR count). The van der Waals surface area contributed by atoms with Gasteiger partial charge in [-0.1, -0.05) is 13.8 Å². The largest absolute Gasteiger partial charge is 0.480 e. The topological polar surface area (TPSA) is 49.3 Å². The molecule has 2 aliphatic carbocycles. The van der Waals surface area contributed by atoms with Crippen LogP contribution < -0.4 is 5.32 Å². The third-order valence-electron chi connectivity index (χ3n) is 5.77. The van der Waals surface area contributed by atoms with E-state index in [9.17, 15) is 9.90 Å². The minimum atomic E-state index is -0.633. The lowest BCUT2D eigenvalue weighted by atomic mass is 9.66. The summed E-state index contributed by atoms with van der Waals surface area (Å²) in [7, 11) is 0. The number of hydrogen-bond donors (Lipinski definition) is 2. The van der Waals surface area contributed by atoms with Crippen LogP contribution in [0.1, 0.15) is 33.1 Å². The van der Waals surface area contributed by atoms with Crippen LogP contribution in [0, 0.1) is 16.7 Å². The fourth-order valence-electron chi connectivity index (χ4n) is 4.48. The predicted octanol–water partition coefficient (Wildman–Crippen LogP) is 1.66. The maximum absolute atomic E-state index is 11.5. The standard InChI is InChI=1S/C11H17NO2.ClH/c1-9-6-12-11(8(13)14)5-7(9)3-4-10(9,11)2;/h7,12H,3-6H2,1-2H3,(H,13,14);1H/t7-,9+,10-,11+;/m1./s1. The Kier molecular flexibility index (Phi) is 2.01. The molecular formula is C11H18ClNO2. The highest BCUT2D eigenvalue weighted by Gasteiger charge is 2.77. The Hall–Kier alpha value is -0.280. The first-order valence-electron chi connectivity index (χ1n) is 5.45. The number of aliphatic carboxylic acids is 1. The molecule has 1 saturated heterocycles. The van der Waals surface area contributed by atoms with Gasteiger partial charge in [-0.25, -0.2) is 0 Å². The second-order valence-electron chi connectivity index (χ2n) is 5.75. The van der Waals surface area contributed by atoms with Crippen molar-refractivity contribution in [3.63, 3.8) is 0 Å². The van der Waals surface area contributed by atoms with E-state index in [0.29, 0.717) is 5.92 Å². The maximum Gasteiger partial charge on any atom is 0.324 e. The summed E-state index contributed by atoms with van der Waals surface area (Å²) >= 11 is 0. The first kappa shape index (κ1) is 11.2. The van der Waals surface area contributed by atoms with E-state index in [4.69, 9.17) is 0 Å². The molecule has 0 unspecified atom stereocenters. The Morgan fingerprint density at radius 3 is 2.53 bits per heavy atom. The van der Waals surface area contributed by atoms with E-state index in [1.165, 1.54) is 6.42 Å². The van der Waals surface area contributed by atoms with Crippen molar-refractivity contribution in [1.82, 2.24) is 5.32 Å². The van der Waals surface area contributed by atoms with E-state index < -0.39 is 11.5 Å². The van der Waals surface area contributed by atoms with Crippen LogP contribution in [0.25, 0.3) is 0 Å². The average Bonchev–Trinajstić information content (AvgIpc) is 2.58. The van der Waals surface area contributed by atoms with Gasteiger partial charge >= 0.3 is 5.97 Å². The van der Waals surface area contributed by atoms with Gasteiger partial charge < -0.3 is 10.4 Å².